The second kappa shape index (κ2) is 4.82. The minimum atomic E-state index is -0.211. The number of ether oxygens (including phenoxy) is 1. The van der Waals surface area contributed by atoms with Gasteiger partial charge in [-0.1, -0.05) is 13.0 Å². The van der Waals surface area contributed by atoms with E-state index in [2.05, 4.69) is 0 Å². The van der Waals surface area contributed by atoms with E-state index in [4.69, 9.17) is 10.5 Å². The largest absolute Gasteiger partial charge is 0.492 e. The number of nitrogens with two attached hydrogens (primary N) is 1. The van der Waals surface area contributed by atoms with Gasteiger partial charge in [-0.2, -0.15) is 0 Å². The maximum atomic E-state index is 13.2. The lowest BCUT2D eigenvalue weighted by molar-refractivity contribution is 0.326. The summed E-state index contributed by atoms with van der Waals surface area (Å²) in [6.07, 6.45) is 0.697. The maximum absolute atomic E-state index is 13.2. The minimum Gasteiger partial charge on any atom is -0.492 e. The van der Waals surface area contributed by atoms with Gasteiger partial charge in [0.25, 0.3) is 0 Å². The summed E-state index contributed by atoms with van der Waals surface area (Å²) in [6.45, 7) is 2.78. The van der Waals surface area contributed by atoms with E-state index >= 15 is 0 Å². The van der Waals surface area contributed by atoms with Gasteiger partial charge >= 0.3 is 0 Å². The predicted octanol–water partition coefficient (Wildman–Crippen LogP) is 1.73. The number of aryl methyl sites for hydroxylation is 1. The molecule has 0 atom stereocenters. The van der Waals surface area contributed by atoms with E-state index in [1.165, 1.54) is 6.07 Å². The van der Waals surface area contributed by atoms with Gasteiger partial charge in [-0.05, 0) is 18.1 Å². The van der Waals surface area contributed by atoms with E-state index in [0.717, 1.165) is 0 Å². The Balaban J connectivity index is 2.71. The first kappa shape index (κ1) is 9.99. The van der Waals surface area contributed by atoms with E-state index in [9.17, 15) is 4.39 Å². The Morgan fingerprint density at radius 1 is 1.46 bits per heavy atom. The Labute approximate surface area is 77.5 Å². The molecule has 13 heavy (non-hydrogen) atoms. The van der Waals surface area contributed by atoms with Gasteiger partial charge < -0.3 is 10.5 Å². The molecule has 0 aromatic heterocycles. The van der Waals surface area contributed by atoms with Crippen molar-refractivity contribution in [1.29, 1.82) is 0 Å². The van der Waals surface area contributed by atoms with E-state index in [1.807, 2.05) is 6.92 Å². The molecule has 0 saturated carbocycles. The molecular formula is C10H14FNO. The molecule has 0 fully saturated rings. The predicted molar refractivity (Wildman–Crippen MR) is 50.3 cm³/mol. The highest BCUT2D eigenvalue weighted by Crippen LogP contribution is 2.16. The number of hydrogen-bond donors (Lipinski definition) is 1. The number of halogens is 1. The van der Waals surface area contributed by atoms with Crippen LogP contribution in [0.4, 0.5) is 4.39 Å². The lowest BCUT2D eigenvalue weighted by Crippen LogP contribution is -2.10. The molecule has 72 valence electrons. The first-order valence-corrected chi connectivity index (χ1v) is 4.39. The van der Waals surface area contributed by atoms with Crippen molar-refractivity contribution in [2.75, 3.05) is 13.2 Å². The third-order valence-electron chi connectivity index (χ3n) is 1.79. The van der Waals surface area contributed by atoms with Crippen molar-refractivity contribution in [3.8, 4) is 5.75 Å². The van der Waals surface area contributed by atoms with Crippen molar-refractivity contribution >= 4 is 0 Å². The van der Waals surface area contributed by atoms with Gasteiger partial charge in [0.15, 0.2) is 0 Å². The molecule has 1 aromatic carbocycles. The van der Waals surface area contributed by atoms with Crippen LogP contribution in [-0.4, -0.2) is 13.2 Å². The van der Waals surface area contributed by atoms with Crippen molar-refractivity contribution in [1.82, 2.24) is 0 Å². The van der Waals surface area contributed by atoms with Crippen LogP contribution in [0, 0.1) is 5.82 Å². The molecule has 0 saturated heterocycles. The van der Waals surface area contributed by atoms with Gasteiger partial charge in [-0.15, -0.1) is 0 Å². The van der Waals surface area contributed by atoms with Gasteiger partial charge in [0.1, 0.15) is 18.2 Å². The zero-order valence-electron chi connectivity index (χ0n) is 7.72. The molecule has 0 radical (unpaired) electrons. The van der Waals surface area contributed by atoms with Crippen molar-refractivity contribution in [3.63, 3.8) is 0 Å². The van der Waals surface area contributed by atoms with Crippen LogP contribution in [0.25, 0.3) is 0 Å². The van der Waals surface area contributed by atoms with E-state index in [-0.39, 0.29) is 5.82 Å². The van der Waals surface area contributed by atoms with Gasteiger partial charge in [-0.3, -0.25) is 0 Å². The summed E-state index contributed by atoms with van der Waals surface area (Å²) in [5.41, 5.74) is 5.96. The molecule has 0 aliphatic heterocycles. The van der Waals surface area contributed by atoms with Crippen molar-refractivity contribution in [2.24, 2.45) is 5.73 Å². The quantitative estimate of drug-likeness (QED) is 0.771. The minimum absolute atomic E-state index is 0.211. The third kappa shape index (κ3) is 2.70. The van der Waals surface area contributed by atoms with Gasteiger partial charge in [0.05, 0.1) is 0 Å². The number of hydrogen-bond acceptors (Lipinski definition) is 2. The van der Waals surface area contributed by atoms with Gasteiger partial charge in [0, 0.05) is 12.6 Å². The second-order valence-corrected chi connectivity index (χ2v) is 2.74. The highest BCUT2D eigenvalue weighted by atomic mass is 19.1. The normalized spacial score (nSPS) is 10.1. The molecule has 0 bridgehead atoms. The first-order valence-electron chi connectivity index (χ1n) is 4.39. The fourth-order valence-electron chi connectivity index (χ4n) is 1.08. The Bertz CT molecular complexity index is 276. The van der Waals surface area contributed by atoms with Gasteiger partial charge in [0.2, 0.25) is 0 Å². The fraction of sp³-hybridized carbons (Fsp3) is 0.400. The summed E-state index contributed by atoms with van der Waals surface area (Å²) >= 11 is 0. The van der Waals surface area contributed by atoms with Crippen LogP contribution < -0.4 is 10.5 Å². The topological polar surface area (TPSA) is 35.2 Å². The molecule has 1 rings (SSSR count). The third-order valence-corrected chi connectivity index (χ3v) is 1.79. The lowest BCUT2D eigenvalue weighted by Gasteiger charge is -2.05. The summed E-state index contributed by atoms with van der Waals surface area (Å²) in [7, 11) is 0. The Kier molecular flexibility index (Phi) is 3.71. The number of benzene rings is 1. The smallest absolute Gasteiger partial charge is 0.130 e. The summed E-state index contributed by atoms with van der Waals surface area (Å²) in [6, 6.07) is 4.90. The van der Waals surface area contributed by atoms with Crippen LogP contribution in [0.3, 0.4) is 0 Å². The Hall–Kier alpha value is -1.09. The van der Waals surface area contributed by atoms with Crippen LogP contribution >= 0.6 is 0 Å². The molecule has 0 unspecified atom stereocenters. The van der Waals surface area contributed by atoms with E-state index < -0.39 is 0 Å². The van der Waals surface area contributed by atoms with Crippen LogP contribution in [0.15, 0.2) is 18.2 Å². The van der Waals surface area contributed by atoms with Gasteiger partial charge in [-0.25, -0.2) is 4.39 Å². The summed E-state index contributed by atoms with van der Waals surface area (Å²) < 4.78 is 18.3. The van der Waals surface area contributed by atoms with E-state index in [0.29, 0.717) is 30.9 Å². The molecule has 2 N–H and O–H groups in total. The van der Waals surface area contributed by atoms with Crippen LogP contribution in [-0.2, 0) is 6.42 Å². The second-order valence-electron chi connectivity index (χ2n) is 2.74. The van der Waals surface area contributed by atoms with Crippen LogP contribution in [0.2, 0.25) is 0 Å². The summed E-state index contributed by atoms with van der Waals surface area (Å²) in [5, 5.41) is 0. The molecule has 0 aliphatic rings. The van der Waals surface area contributed by atoms with Crippen molar-refractivity contribution in [2.45, 2.75) is 13.3 Å². The monoisotopic (exact) mass is 183 g/mol. The maximum Gasteiger partial charge on any atom is 0.130 e. The molecule has 0 spiro atoms. The fourth-order valence-corrected chi connectivity index (χ4v) is 1.08. The Morgan fingerprint density at radius 2 is 2.23 bits per heavy atom. The standard InChI is InChI=1S/C10H14FNO/c1-2-8-3-4-9(7-10(8)11)13-6-5-12/h3-4,7H,2,5-6,12H2,1H3. The van der Waals surface area contributed by atoms with Crippen LogP contribution in [0.5, 0.6) is 5.75 Å². The first-order chi connectivity index (χ1) is 6.27. The molecule has 0 amide bonds. The summed E-state index contributed by atoms with van der Waals surface area (Å²) in [5.74, 6) is 0.331. The van der Waals surface area contributed by atoms with E-state index in [1.54, 1.807) is 12.1 Å². The average Bonchev–Trinajstić information content (AvgIpc) is 2.15. The SMILES string of the molecule is CCc1ccc(OCCN)cc1F. The van der Waals surface area contributed by atoms with Crippen molar-refractivity contribution in [3.05, 3.63) is 29.6 Å². The molecule has 3 heteroatoms. The highest BCUT2D eigenvalue weighted by molar-refractivity contribution is 5.28. The summed E-state index contributed by atoms with van der Waals surface area (Å²) in [4.78, 5) is 0. The average molecular weight is 183 g/mol. The molecule has 1 aromatic rings. The zero-order chi connectivity index (χ0) is 9.68. The molecular weight excluding hydrogens is 169 g/mol. The van der Waals surface area contributed by atoms with Crippen molar-refractivity contribution < 1.29 is 9.13 Å². The highest BCUT2D eigenvalue weighted by Gasteiger charge is 2.01. The molecule has 0 aliphatic carbocycles. The van der Waals surface area contributed by atoms with Crippen LogP contribution in [0.1, 0.15) is 12.5 Å². The lowest BCUT2D eigenvalue weighted by atomic mass is 10.1. The zero-order valence-corrected chi connectivity index (χ0v) is 7.72. The number of rotatable bonds is 4. The molecule has 2 nitrogen and oxygen atoms in total. The Morgan fingerprint density at radius 3 is 2.77 bits per heavy atom. The molecule has 0 heterocycles.